The maximum Gasteiger partial charge on any atom is 0.339 e. The normalized spacial score (nSPS) is 17.2. The van der Waals surface area contributed by atoms with E-state index < -0.39 is 5.97 Å². The summed E-state index contributed by atoms with van der Waals surface area (Å²) in [5, 5.41) is 0.749. The van der Waals surface area contributed by atoms with Crippen LogP contribution in [0, 0.1) is 11.3 Å². The van der Waals surface area contributed by atoms with E-state index in [1.165, 1.54) is 0 Å². The van der Waals surface area contributed by atoms with Gasteiger partial charge in [0, 0.05) is 17.6 Å². The number of anilines is 1. The van der Waals surface area contributed by atoms with Crippen LogP contribution in [0.5, 0.6) is 5.75 Å². The SMILES string of the molecule is COc1ccc(/C=C2\C[C@@H](C(C)(C)C)Cc3c2nc2ccccc2c3C(=O)OCC(=O)N2CCc3ccccc32)cc1. The third-order valence-corrected chi connectivity index (χ3v) is 8.61. The summed E-state index contributed by atoms with van der Waals surface area (Å²) >= 11 is 0. The first-order chi connectivity index (χ1) is 20.2. The zero-order chi connectivity index (χ0) is 29.4. The molecule has 3 aromatic carbocycles. The van der Waals surface area contributed by atoms with E-state index in [-0.39, 0.29) is 23.8 Å². The fourth-order valence-corrected chi connectivity index (χ4v) is 6.15. The predicted molar refractivity (Wildman–Crippen MR) is 167 cm³/mol. The van der Waals surface area contributed by atoms with Crippen LogP contribution in [0.4, 0.5) is 5.69 Å². The number of carbonyl (C=O) groups excluding carboxylic acids is 2. The first-order valence-electron chi connectivity index (χ1n) is 14.5. The van der Waals surface area contributed by atoms with Crippen molar-refractivity contribution in [3.8, 4) is 5.75 Å². The summed E-state index contributed by atoms with van der Waals surface area (Å²) < 4.78 is 11.1. The number of nitrogens with zero attached hydrogens (tertiary/aromatic N) is 2. The maximum atomic E-state index is 13.9. The number of carbonyl (C=O) groups is 2. The average Bonchev–Trinajstić information content (AvgIpc) is 3.43. The van der Waals surface area contributed by atoms with Crippen LogP contribution < -0.4 is 9.64 Å². The second-order valence-corrected chi connectivity index (χ2v) is 12.2. The number of methoxy groups -OCH3 is 1. The molecule has 0 fully saturated rings. The Kier molecular flexibility index (Phi) is 7.31. The molecule has 0 radical (unpaired) electrons. The summed E-state index contributed by atoms with van der Waals surface area (Å²) in [6.45, 7) is 7.01. The minimum absolute atomic E-state index is 0.00260. The average molecular weight is 561 g/mol. The largest absolute Gasteiger partial charge is 0.497 e. The van der Waals surface area contributed by atoms with Crippen LogP contribution in [0.3, 0.4) is 0 Å². The maximum absolute atomic E-state index is 13.9. The topological polar surface area (TPSA) is 68.7 Å². The smallest absolute Gasteiger partial charge is 0.339 e. The number of pyridine rings is 1. The quantitative estimate of drug-likeness (QED) is 0.243. The molecular weight excluding hydrogens is 524 g/mol. The van der Waals surface area contributed by atoms with Crippen molar-refractivity contribution < 1.29 is 19.1 Å². The molecule has 0 saturated carbocycles. The lowest BCUT2D eigenvalue weighted by atomic mass is 9.69. The molecule has 1 aliphatic heterocycles. The van der Waals surface area contributed by atoms with Crippen LogP contribution in [0.15, 0.2) is 72.8 Å². The summed E-state index contributed by atoms with van der Waals surface area (Å²) in [5.74, 6) is 0.388. The van der Waals surface area contributed by atoms with Crippen molar-refractivity contribution in [2.24, 2.45) is 11.3 Å². The van der Waals surface area contributed by atoms with E-state index in [1.54, 1.807) is 12.0 Å². The van der Waals surface area contributed by atoms with E-state index in [2.05, 4.69) is 26.8 Å². The lowest BCUT2D eigenvalue weighted by molar-refractivity contribution is -0.121. The first kappa shape index (κ1) is 27.7. The Bertz CT molecular complexity index is 1700. The Morgan fingerprint density at radius 1 is 0.976 bits per heavy atom. The second kappa shape index (κ2) is 11.1. The molecule has 0 unspecified atom stereocenters. The van der Waals surface area contributed by atoms with E-state index in [0.29, 0.717) is 18.5 Å². The number of fused-ring (bicyclic) bond motifs is 3. The zero-order valence-corrected chi connectivity index (χ0v) is 24.6. The minimum Gasteiger partial charge on any atom is -0.497 e. The molecule has 0 N–H and O–H groups in total. The molecule has 6 rings (SSSR count). The molecule has 0 spiro atoms. The highest BCUT2D eigenvalue weighted by Crippen LogP contribution is 2.45. The Balaban J connectivity index is 1.39. The Morgan fingerprint density at radius 3 is 2.48 bits per heavy atom. The van der Waals surface area contributed by atoms with E-state index in [9.17, 15) is 9.59 Å². The van der Waals surface area contributed by atoms with Gasteiger partial charge in [-0.3, -0.25) is 4.79 Å². The van der Waals surface area contributed by atoms with Crippen LogP contribution >= 0.6 is 0 Å². The monoisotopic (exact) mass is 560 g/mol. The molecule has 0 bridgehead atoms. The van der Waals surface area contributed by atoms with Gasteiger partial charge in [-0.2, -0.15) is 0 Å². The fourth-order valence-electron chi connectivity index (χ4n) is 6.15. The number of benzene rings is 3. The highest BCUT2D eigenvalue weighted by Gasteiger charge is 2.36. The molecule has 4 aromatic rings. The summed E-state index contributed by atoms with van der Waals surface area (Å²) in [4.78, 5) is 33.9. The number of hydrogen-bond acceptors (Lipinski definition) is 5. The van der Waals surface area contributed by atoms with Gasteiger partial charge in [-0.15, -0.1) is 0 Å². The van der Waals surface area contributed by atoms with Gasteiger partial charge in [0.15, 0.2) is 6.61 Å². The van der Waals surface area contributed by atoms with Crippen LogP contribution in [-0.4, -0.2) is 37.1 Å². The molecule has 6 nitrogen and oxygen atoms in total. The van der Waals surface area contributed by atoms with Gasteiger partial charge in [-0.05, 0) is 83.2 Å². The lowest BCUT2D eigenvalue weighted by Gasteiger charge is -2.36. The van der Waals surface area contributed by atoms with Gasteiger partial charge in [0.1, 0.15) is 5.75 Å². The van der Waals surface area contributed by atoms with E-state index in [0.717, 1.165) is 63.1 Å². The number of esters is 1. The molecular formula is C36H36N2O4. The van der Waals surface area contributed by atoms with Crippen molar-refractivity contribution in [1.82, 2.24) is 4.98 Å². The van der Waals surface area contributed by atoms with Crippen molar-refractivity contribution in [3.05, 3.63) is 101 Å². The summed E-state index contributed by atoms with van der Waals surface area (Å²) in [6.07, 6.45) is 4.51. The number of rotatable bonds is 5. The van der Waals surface area contributed by atoms with E-state index in [1.807, 2.05) is 72.8 Å². The van der Waals surface area contributed by atoms with Gasteiger partial charge < -0.3 is 14.4 Å². The number of para-hydroxylation sites is 2. The molecule has 1 atom stereocenters. The summed E-state index contributed by atoms with van der Waals surface area (Å²) in [7, 11) is 1.66. The van der Waals surface area contributed by atoms with Gasteiger partial charge in [0.2, 0.25) is 0 Å². The van der Waals surface area contributed by atoms with Gasteiger partial charge >= 0.3 is 5.97 Å². The summed E-state index contributed by atoms with van der Waals surface area (Å²) in [5.41, 5.74) is 7.14. The van der Waals surface area contributed by atoms with Crippen molar-refractivity contribution in [3.63, 3.8) is 0 Å². The molecule has 0 saturated heterocycles. The van der Waals surface area contributed by atoms with Crippen molar-refractivity contribution in [1.29, 1.82) is 0 Å². The van der Waals surface area contributed by atoms with E-state index in [4.69, 9.17) is 14.5 Å². The molecule has 2 aliphatic rings. The Labute approximate surface area is 247 Å². The van der Waals surface area contributed by atoms with E-state index >= 15 is 0 Å². The molecule has 42 heavy (non-hydrogen) atoms. The number of aromatic nitrogens is 1. The van der Waals surface area contributed by atoms with Crippen molar-refractivity contribution in [2.75, 3.05) is 25.2 Å². The number of amides is 1. The van der Waals surface area contributed by atoms with Crippen molar-refractivity contribution in [2.45, 2.75) is 40.0 Å². The standard InChI is InChI=1S/C36H36N2O4/c1-36(2,3)26-20-25(19-23-13-15-27(41-4)16-14-23)34-29(21-26)33(28-10-6-7-11-30(28)37-34)35(40)42-22-32(39)38-18-17-24-9-5-8-12-31(24)38/h5-16,19,26H,17-18,20-22H2,1-4H3/b25-19+/t26-/m1/s1. The molecule has 1 aromatic heterocycles. The first-order valence-corrected chi connectivity index (χ1v) is 14.5. The number of ether oxygens (including phenoxy) is 2. The highest BCUT2D eigenvalue weighted by molar-refractivity contribution is 6.07. The fraction of sp³-hybridized carbons (Fsp3) is 0.306. The summed E-state index contributed by atoms with van der Waals surface area (Å²) in [6, 6.07) is 23.5. The van der Waals surface area contributed by atoms with Crippen LogP contribution in [0.1, 0.15) is 59.9 Å². The molecule has 2 heterocycles. The van der Waals surface area contributed by atoms with Crippen molar-refractivity contribution >= 4 is 40.1 Å². The van der Waals surface area contributed by atoms with Gasteiger partial charge in [-0.25, -0.2) is 9.78 Å². The highest BCUT2D eigenvalue weighted by atomic mass is 16.5. The minimum atomic E-state index is -0.482. The lowest BCUT2D eigenvalue weighted by Crippen LogP contribution is -2.33. The predicted octanol–water partition coefficient (Wildman–Crippen LogP) is 7.14. The van der Waals surface area contributed by atoms with Gasteiger partial charge in [0.05, 0.1) is 23.9 Å². The van der Waals surface area contributed by atoms with Gasteiger partial charge in [0.25, 0.3) is 5.91 Å². The van der Waals surface area contributed by atoms with Gasteiger partial charge in [-0.1, -0.05) is 69.3 Å². The number of allylic oxidation sites excluding steroid dienone is 1. The second-order valence-electron chi connectivity index (χ2n) is 12.2. The third-order valence-electron chi connectivity index (χ3n) is 8.61. The molecule has 6 heteroatoms. The third kappa shape index (κ3) is 5.29. The molecule has 214 valence electrons. The molecule has 1 amide bonds. The van der Waals surface area contributed by atoms with Crippen LogP contribution in [-0.2, 0) is 22.4 Å². The Morgan fingerprint density at radius 2 is 1.71 bits per heavy atom. The zero-order valence-electron chi connectivity index (χ0n) is 24.6. The Hall–Kier alpha value is -4.45. The number of hydrogen-bond donors (Lipinski definition) is 0. The van der Waals surface area contributed by atoms with Crippen LogP contribution in [0.2, 0.25) is 0 Å². The molecule has 1 aliphatic carbocycles. The van der Waals surface area contributed by atoms with Crippen LogP contribution in [0.25, 0.3) is 22.6 Å².